The molecule has 0 aliphatic rings. The van der Waals surface area contributed by atoms with E-state index >= 15 is 0 Å². The third-order valence-corrected chi connectivity index (χ3v) is 3.50. The Balaban J connectivity index is 2.25. The van der Waals surface area contributed by atoms with Gasteiger partial charge < -0.3 is 10.6 Å². The minimum absolute atomic E-state index is 0.0873. The monoisotopic (exact) mass is 268 g/mol. The highest BCUT2D eigenvalue weighted by molar-refractivity contribution is 5.97. The van der Waals surface area contributed by atoms with Gasteiger partial charge in [-0.05, 0) is 30.2 Å². The Morgan fingerprint density at radius 1 is 1.15 bits per heavy atom. The fourth-order valence-corrected chi connectivity index (χ4v) is 2.33. The van der Waals surface area contributed by atoms with Gasteiger partial charge in [0.2, 0.25) is 5.91 Å². The maximum Gasteiger partial charge on any atom is 0.234 e. The fourth-order valence-electron chi connectivity index (χ4n) is 2.33. The Kier molecular flexibility index (Phi) is 4.41. The maximum atomic E-state index is 12.7. The molecule has 3 heteroatoms. The van der Waals surface area contributed by atoms with Crippen molar-refractivity contribution in [1.82, 2.24) is 0 Å². The van der Waals surface area contributed by atoms with Crippen molar-refractivity contribution >= 4 is 17.3 Å². The molecule has 3 nitrogen and oxygen atoms in total. The Bertz CT molecular complexity index is 581. The normalized spacial score (nSPS) is 11.9. The number of carbonyl (C=O) groups excluding carboxylic acids is 1. The van der Waals surface area contributed by atoms with Gasteiger partial charge in [-0.25, -0.2) is 0 Å². The van der Waals surface area contributed by atoms with Crippen LogP contribution < -0.4 is 10.6 Å². The highest BCUT2D eigenvalue weighted by Gasteiger charge is 2.22. The summed E-state index contributed by atoms with van der Waals surface area (Å²) >= 11 is 0. The topological polar surface area (TPSA) is 46.3 Å². The average Bonchev–Trinajstić information content (AvgIpc) is 2.48. The van der Waals surface area contributed by atoms with Crippen LogP contribution in [0.25, 0.3) is 0 Å². The second kappa shape index (κ2) is 6.24. The predicted octanol–water partition coefficient (Wildman–Crippen LogP) is 3.43. The third-order valence-electron chi connectivity index (χ3n) is 3.50. The SMILES string of the molecule is CCC(C(=O)N(C)c1cccc(N)c1)c1ccccc1. The largest absolute Gasteiger partial charge is 0.399 e. The number of nitrogen functional groups attached to an aromatic ring is 1. The molecular weight excluding hydrogens is 248 g/mol. The van der Waals surface area contributed by atoms with E-state index in [9.17, 15) is 4.79 Å². The maximum absolute atomic E-state index is 12.7. The second-order valence-electron chi connectivity index (χ2n) is 4.86. The zero-order valence-electron chi connectivity index (χ0n) is 11.9. The first kappa shape index (κ1) is 14.1. The standard InChI is InChI=1S/C17H20N2O/c1-3-16(13-8-5-4-6-9-13)17(20)19(2)15-11-7-10-14(18)12-15/h4-12,16H,3,18H2,1-2H3. The first-order valence-electron chi connectivity index (χ1n) is 6.81. The van der Waals surface area contributed by atoms with E-state index in [4.69, 9.17) is 5.73 Å². The molecule has 0 saturated carbocycles. The van der Waals surface area contributed by atoms with E-state index < -0.39 is 0 Å². The van der Waals surface area contributed by atoms with Crippen LogP contribution in [0.5, 0.6) is 0 Å². The van der Waals surface area contributed by atoms with E-state index in [1.54, 1.807) is 11.9 Å². The minimum atomic E-state index is -0.123. The van der Waals surface area contributed by atoms with Crippen LogP contribution in [0.2, 0.25) is 0 Å². The Hall–Kier alpha value is -2.29. The van der Waals surface area contributed by atoms with Crippen molar-refractivity contribution in [3.63, 3.8) is 0 Å². The van der Waals surface area contributed by atoms with Crippen molar-refractivity contribution in [3.05, 3.63) is 60.2 Å². The van der Waals surface area contributed by atoms with Crippen LogP contribution in [0.3, 0.4) is 0 Å². The summed E-state index contributed by atoms with van der Waals surface area (Å²) in [7, 11) is 1.79. The van der Waals surface area contributed by atoms with Crippen LogP contribution in [0, 0.1) is 0 Å². The molecule has 2 N–H and O–H groups in total. The quantitative estimate of drug-likeness (QED) is 0.864. The number of rotatable bonds is 4. The summed E-state index contributed by atoms with van der Waals surface area (Å²) in [5.74, 6) is -0.0352. The fraction of sp³-hybridized carbons (Fsp3) is 0.235. The molecule has 2 aromatic carbocycles. The number of benzene rings is 2. The molecule has 104 valence electrons. The molecule has 20 heavy (non-hydrogen) atoms. The van der Waals surface area contributed by atoms with Gasteiger partial charge >= 0.3 is 0 Å². The molecule has 0 aromatic heterocycles. The van der Waals surface area contributed by atoms with Crippen molar-refractivity contribution in [1.29, 1.82) is 0 Å². The molecule has 0 aliphatic carbocycles. The average molecular weight is 268 g/mol. The van der Waals surface area contributed by atoms with E-state index in [1.807, 2.05) is 61.5 Å². The van der Waals surface area contributed by atoms with Crippen LogP contribution in [0.15, 0.2) is 54.6 Å². The predicted molar refractivity (Wildman–Crippen MR) is 83.7 cm³/mol. The van der Waals surface area contributed by atoms with Crippen LogP contribution in [-0.4, -0.2) is 13.0 Å². The van der Waals surface area contributed by atoms with Gasteiger partial charge in [0.05, 0.1) is 5.92 Å². The van der Waals surface area contributed by atoms with E-state index in [-0.39, 0.29) is 11.8 Å². The summed E-state index contributed by atoms with van der Waals surface area (Å²) in [5, 5.41) is 0. The lowest BCUT2D eigenvalue weighted by Gasteiger charge is -2.23. The summed E-state index contributed by atoms with van der Waals surface area (Å²) in [4.78, 5) is 14.3. The molecule has 0 heterocycles. The highest BCUT2D eigenvalue weighted by Crippen LogP contribution is 2.25. The molecular formula is C17H20N2O. The molecule has 2 aromatic rings. The summed E-state index contributed by atoms with van der Waals surface area (Å²) < 4.78 is 0. The van der Waals surface area contributed by atoms with Crippen LogP contribution in [0.4, 0.5) is 11.4 Å². The summed E-state index contributed by atoms with van der Waals surface area (Å²) in [5.41, 5.74) is 8.32. The van der Waals surface area contributed by atoms with E-state index in [0.29, 0.717) is 5.69 Å². The number of hydrogen-bond acceptors (Lipinski definition) is 2. The number of hydrogen-bond donors (Lipinski definition) is 1. The molecule has 0 fully saturated rings. The minimum Gasteiger partial charge on any atom is -0.399 e. The van der Waals surface area contributed by atoms with E-state index in [1.165, 1.54) is 0 Å². The number of amides is 1. The van der Waals surface area contributed by atoms with Gasteiger partial charge in [-0.2, -0.15) is 0 Å². The van der Waals surface area contributed by atoms with Crippen molar-refractivity contribution in [3.8, 4) is 0 Å². The summed E-state index contributed by atoms with van der Waals surface area (Å²) in [6.07, 6.45) is 0.773. The first-order valence-corrected chi connectivity index (χ1v) is 6.81. The van der Waals surface area contributed by atoms with Crippen molar-refractivity contribution in [2.45, 2.75) is 19.3 Å². The zero-order valence-corrected chi connectivity index (χ0v) is 11.9. The first-order chi connectivity index (χ1) is 9.63. The van der Waals surface area contributed by atoms with Crippen molar-refractivity contribution < 1.29 is 4.79 Å². The second-order valence-corrected chi connectivity index (χ2v) is 4.86. The van der Waals surface area contributed by atoms with Crippen molar-refractivity contribution in [2.24, 2.45) is 0 Å². The molecule has 2 rings (SSSR count). The van der Waals surface area contributed by atoms with Crippen LogP contribution >= 0.6 is 0 Å². The molecule has 1 unspecified atom stereocenters. The number of carbonyl (C=O) groups is 1. The molecule has 1 atom stereocenters. The zero-order chi connectivity index (χ0) is 14.5. The Morgan fingerprint density at radius 3 is 2.45 bits per heavy atom. The lowest BCUT2D eigenvalue weighted by Crippen LogP contribution is -2.31. The molecule has 0 spiro atoms. The lowest BCUT2D eigenvalue weighted by atomic mass is 9.95. The Labute approximate surface area is 120 Å². The number of nitrogens with two attached hydrogens (primary N) is 1. The van der Waals surface area contributed by atoms with Crippen molar-refractivity contribution in [2.75, 3.05) is 17.7 Å². The van der Waals surface area contributed by atoms with Gasteiger partial charge in [-0.15, -0.1) is 0 Å². The smallest absolute Gasteiger partial charge is 0.234 e. The van der Waals surface area contributed by atoms with Gasteiger partial charge in [-0.3, -0.25) is 4.79 Å². The van der Waals surface area contributed by atoms with Gasteiger partial charge in [0, 0.05) is 18.4 Å². The van der Waals surface area contributed by atoms with Crippen LogP contribution in [0.1, 0.15) is 24.8 Å². The van der Waals surface area contributed by atoms with Gasteiger partial charge in [0.25, 0.3) is 0 Å². The summed E-state index contributed by atoms with van der Waals surface area (Å²) in [6.45, 7) is 2.03. The summed E-state index contributed by atoms with van der Waals surface area (Å²) in [6, 6.07) is 17.3. The van der Waals surface area contributed by atoms with Gasteiger partial charge in [0.15, 0.2) is 0 Å². The van der Waals surface area contributed by atoms with Gasteiger partial charge in [-0.1, -0.05) is 43.3 Å². The highest BCUT2D eigenvalue weighted by atomic mass is 16.2. The third kappa shape index (κ3) is 2.99. The lowest BCUT2D eigenvalue weighted by molar-refractivity contribution is -0.119. The number of anilines is 2. The van der Waals surface area contributed by atoms with Gasteiger partial charge in [0.1, 0.15) is 0 Å². The molecule has 0 aliphatic heterocycles. The molecule has 0 bridgehead atoms. The van der Waals surface area contributed by atoms with E-state index in [0.717, 1.165) is 17.7 Å². The van der Waals surface area contributed by atoms with E-state index in [2.05, 4.69) is 0 Å². The molecule has 0 radical (unpaired) electrons. The number of likely N-dealkylation sites (N-methyl/N-ethyl adjacent to an activating group) is 1. The molecule has 1 amide bonds. The molecule has 0 saturated heterocycles. The van der Waals surface area contributed by atoms with Crippen LogP contribution in [-0.2, 0) is 4.79 Å². The Morgan fingerprint density at radius 2 is 1.85 bits per heavy atom. The number of nitrogens with zero attached hydrogens (tertiary/aromatic N) is 1.